The first-order valence-corrected chi connectivity index (χ1v) is 7.28. The van der Waals surface area contributed by atoms with Crippen molar-refractivity contribution in [1.82, 2.24) is 4.98 Å². The zero-order chi connectivity index (χ0) is 16.7. The lowest BCUT2D eigenvalue weighted by Gasteiger charge is -2.11. The molecule has 0 unspecified atom stereocenters. The highest BCUT2D eigenvalue weighted by Gasteiger charge is 2.09. The van der Waals surface area contributed by atoms with Gasteiger partial charge in [-0.1, -0.05) is 24.3 Å². The van der Waals surface area contributed by atoms with Crippen LogP contribution >= 0.6 is 0 Å². The van der Waals surface area contributed by atoms with Crippen molar-refractivity contribution < 1.29 is 14.3 Å². The quantitative estimate of drug-likeness (QED) is 0.887. The number of amides is 1. The van der Waals surface area contributed by atoms with Gasteiger partial charge in [-0.25, -0.2) is 4.98 Å². The van der Waals surface area contributed by atoms with E-state index >= 15 is 0 Å². The number of pyridine rings is 1. The van der Waals surface area contributed by atoms with E-state index in [4.69, 9.17) is 9.47 Å². The number of aryl methyl sites for hydroxylation is 1. The summed E-state index contributed by atoms with van der Waals surface area (Å²) < 4.78 is 10.8. The van der Waals surface area contributed by atoms with Gasteiger partial charge in [0.15, 0.2) is 18.1 Å². The third kappa shape index (κ3) is 4.85. The normalized spacial score (nSPS) is 10.6. The number of nitrogens with zero attached hydrogens (tertiary/aromatic N) is 1. The Balaban J connectivity index is 1.97. The molecule has 0 aliphatic heterocycles. The third-order valence-corrected chi connectivity index (χ3v) is 3.08. The number of rotatable bonds is 6. The first-order chi connectivity index (χ1) is 11.1. The lowest BCUT2D eigenvalue weighted by molar-refractivity contribution is -0.118. The standard InChI is InChI=1S/C18H20N2O3/c1-4-5-14-7-8-15(16(10-14)22-3)23-12-18(21)20-17-9-6-13(2)11-19-17/h4-11H,12H2,1-3H3,(H,19,20,21)/b5-4+. The van der Waals surface area contributed by atoms with Gasteiger partial charge in [-0.05, 0) is 43.2 Å². The molecular formula is C18H20N2O3. The maximum atomic E-state index is 11.9. The molecule has 120 valence electrons. The fraction of sp³-hybridized carbons (Fsp3) is 0.222. The number of ether oxygens (including phenoxy) is 2. The number of nitrogens with one attached hydrogen (secondary N) is 1. The van der Waals surface area contributed by atoms with E-state index in [2.05, 4.69) is 10.3 Å². The summed E-state index contributed by atoms with van der Waals surface area (Å²) in [5, 5.41) is 2.68. The van der Waals surface area contributed by atoms with Crippen molar-refractivity contribution in [1.29, 1.82) is 0 Å². The number of anilines is 1. The zero-order valence-electron chi connectivity index (χ0n) is 13.5. The first-order valence-electron chi connectivity index (χ1n) is 7.28. The minimum absolute atomic E-state index is 0.116. The van der Waals surface area contributed by atoms with Crippen LogP contribution in [0, 0.1) is 6.92 Å². The van der Waals surface area contributed by atoms with Crippen LogP contribution in [0.1, 0.15) is 18.1 Å². The molecule has 0 spiro atoms. The van der Waals surface area contributed by atoms with Gasteiger partial charge in [-0.2, -0.15) is 0 Å². The maximum absolute atomic E-state index is 11.9. The van der Waals surface area contributed by atoms with Crippen LogP contribution in [0.3, 0.4) is 0 Å². The Bertz CT molecular complexity index is 694. The van der Waals surface area contributed by atoms with Crippen LogP contribution < -0.4 is 14.8 Å². The molecule has 1 aromatic heterocycles. The van der Waals surface area contributed by atoms with Crippen LogP contribution in [0.2, 0.25) is 0 Å². The predicted octanol–water partition coefficient (Wildman–Crippen LogP) is 3.45. The Morgan fingerprint density at radius 2 is 2.09 bits per heavy atom. The number of aromatic nitrogens is 1. The van der Waals surface area contributed by atoms with Crippen LogP contribution in [-0.2, 0) is 4.79 Å². The van der Waals surface area contributed by atoms with Gasteiger partial charge in [-0.15, -0.1) is 0 Å². The molecule has 0 radical (unpaired) electrons. The lowest BCUT2D eigenvalue weighted by atomic mass is 10.2. The summed E-state index contributed by atoms with van der Waals surface area (Å²) in [6.45, 7) is 3.76. The fourth-order valence-electron chi connectivity index (χ4n) is 1.96. The van der Waals surface area contributed by atoms with Crippen molar-refractivity contribution in [3.8, 4) is 11.5 Å². The van der Waals surface area contributed by atoms with Crippen molar-refractivity contribution in [3.63, 3.8) is 0 Å². The van der Waals surface area contributed by atoms with Crippen molar-refractivity contribution in [2.75, 3.05) is 19.0 Å². The smallest absolute Gasteiger partial charge is 0.263 e. The van der Waals surface area contributed by atoms with Gasteiger partial charge < -0.3 is 14.8 Å². The van der Waals surface area contributed by atoms with Crippen molar-refractivity contribution >= 4 is 17.8 Å². The van der Waals surface area contributed by atoms with E-state index in [0.29, 0.717) is 17.3 Å². The van der Waals surface area contributed by atoms with Gasteiger partial charge in [0.05, 0.1) is 7.11 Å². The topological polar surface area (TPSA) is 60.5 Å². The molecule has 1 aromatic carbocycles. The molecule has 2 aromatic rings. The second-order valence-electron chi connectivity index (χ2n) is 4.97. The third-order valence-electron chi connectivity index (χ3n) is 3.08. The van der Waals surface area contributed by atoms with Crippen molar-refractivity contribution in [3.05, 3.63) is 53.7 Å². The summed E-state index contributed by atoms with van der Waals surface area (Å²) in [5.74, 6) is 1.33. The van der Waals surface area contributed by atoms with E-state index in [9.17, 15) is 4.79 Å². The molecule has 0 bridgehead atoms. The minimum atomic E-state index is -0.277. The highest BCUT2D eigenvalue weighted by molar-refractivity contribution is 5.90. The number of methoxy groups -OCH3 is 1. The van der Waals surface area contributed by atoms with E-state index in [1.165, 1.54) is 0 Å². The van der Waals surface area contributed by atoms with Gasteiger partial charge in [0.2, 0.25) is 0 Å². The molecule has 2 rings (SSSR count). The van der Waals surface area contributed by atoms with E-state index in [0.717, 1.165) is 11.1 Å². The van der Waals surface area contributed by atoms with E-state index in [1.54, 1.807) is 25.4 Å². The van der Waals surface area contributed by atoms with Crippen LogP contribution in [0.5, 0.6) is 11.5 Å². The molecule has 1 N–H and O–H groups in total. The van der Waals surface area contributed by atoms with E-state index in [1.807, 2.05) is 44.2 Å². The first kappa shape index (κ1) is 16.5. The largest absolute Gasteiger partial charge is 0.493 e. The number of carbonyl (C=O) groups excluding carboxylic acids is 1. The zero-order valence-corrected chi connectivity index (χ0v) is 13.5. The summed E-state index contributed by atoms with van der Waals surface area (Å²) in [4.78, 5) is 16.0. The molecule has 0 fully saturated rings. The van der Waals surface area contributed by atoms with E-state index in [-0.39, 0.29) is 12.5 Å². The summed E-state index contributed by atoms with van der Waals surface area (Å²) >= 11 is 0. The highest BCUT2D eigenvalue weighted by atomic mass is 16.5. The Morgan fingerprint density at radius 1 is 1.26 bits per heavy atom. The Labute approximate surface area is 136 Å². The summed E-state index contributed by atoms with van der Waals surface area (Å²) in [5.41, 5.74) is 2.04. The summed E-state index contributed by atoms with van der Waals surface area (Å²) in [7, 11) is 1.57. The average molecular weight is 312 g/mol. The van der Waals surface area contributed by atoms with Crippen molar-refractivity contribution in [2.24, 2.45) is 0 Å². The predicted molar refractivity (Wildman–Crippen MR) is 90.8 cm³/mol. The van der Waals surface area contributed by atoms with Gasteiger partial charge >= 0.3 is 0 Å². The number of carbonyl (C=O) groups is 1. The summed E-state index contributed by atoms with van der Waals surface area (Å²) in [6, 6.07) is 9.17. The molecule has 0 atom stereocenters. The Kier molecular flexibility index (Phi) is 5.74. The van der Waals surface area contributed by atoms with Crippen LogP contribution in [-0.4, -0.2) is 24.6 Å². The number of hydrogen-bond donors (Lipinski definition) is 1. The van der Waals surface area contributed by atoms with Crippen molar-refractivity contribution in [2.45, 2.75) is 13.8 Å². The second kappa shape index (κ2) is 7.98. The molecule has 0 saturated carbocycles. The molecule has 0 aliphatic carbocycles. The molecule has 1 amide bonds. The lowest BCUT2D eigenvalue weighted by Crippen LogP contribution is -2.20. The molecular weight excluding hydrogens is 292 g/mol. The monoisotopic (exact) mass is 312 g/mol. The second-order valence-corrected chi connectivity index (χ2v) is 4.97. The van der Waals surface area contributed by atoms with E-state index < -0.39 is 0 Å². The Hall–Kier alpha value is -2.82. The number of hydrogen-bond acceptors (Lipinski definition) is 4. The van der Waals surface area contributed by atoms with Gasteiger partial charge in [0.1, 0.15) is 5.82 Å². The molecule has 5 nitrogen and oxygen atoms in total. The van der Waals surface area contributed by atoms with Crippen LogP contribution in [0.15, 0.2) is 42.6 Å². The number of allylic oxidation sites excluding steroid dienone is 1. The van der Waals surface area contributed by atoms with Gasteiger partial charge in [0, 0.05) is 6.20 Å². The minimum Gasteiger partial charge on any atom is -0.493 e. The molecule has 0 aliphatic rings. The molecule has 0 saturated heterocycles. The fourth-order valence-corrected chi connectivity index (χ4v) is 1.96. The Morgan fingerprint density at radius 3 is 2.74 bits per heavy atom. The maximum Gasteiger partial charge on any atom is 0.263 e. The highest BCUT2D eigenvalue weighted by Crippen LogP contribution is 2.28. The molecule has 1 heterocycles. The molecule has 5 heteroatoms. The molecule has 23 heavy (non-hydrogen) atoms. The van der Waals surface area contributed by atoms with Gasteiger partial charge in [-0.3, -0.25) is 4.79 Å². The SMILES string of the molecule is C/C=C/c1ccc(OCC(=O)Nc2ccc(C)cn2)c(OC)c1. The number of benzene rings is 1. The van der Waals surface area contributed by atoms with Crippen LogP contribution in [0.25, 0.3) is 6.08 Å². The summed E-state index contributed by atoms with van der Waals surface area (Å²) in [6.07, 6.45) is 5.60. The van der Waals surface area contributed by atoms with Crippen LogP contribution in [0.4, 0.5) is 5.82 Å². The average Bonchev–Trinajstić information content (AvgIpc) is 2.56. The van der Waals surface area contributed by atoms with Gasteiger partial charge in [0.25, 0.3) is 5.91 Å².